The lowest BCUT2D eigenvalue weighted by Crippen LogP contribution is -2.38. The van der Waals surface area contributed by atoms with Crippen molar-refractivity contribution in [3.8, 4) is 11.5 Å². The Morgan fingerprint density at radius 2 is 1.56 bits per heavy atom. The lowest BCUT2D eigenvalue weighted by molar-refractivity contribution is -0.121. The Morgan fingerprint density at radius 3 is 2.16 bits per heavy atom. The second-order valence-corrected chi connectivity index (χ2v) is 8.69. The molecule has 0 aromatic heterocycles. The first-order valence-electron chi connectivity index (χ1n) is 11.3. The Kier molecular flexibility index (Phi) is 6.50. The fourth-order valence-electron chi connectivity index (χ4n) is 4.77. The molecule has 3 aromatic carbocycles. The standard InChI is InChI=1S/C28H31NO3/c1-20-17-24(18-21(2)26(20)32-19-22-9-5-4-6-10-22)29-27(30)28(15-7-8-16-28)23-11-13-25(31-3)14-12-23/h4-6,9-14,17-18H,7-8,15-16,19H2,1-3H3,(H,29,30). The Balaban J connectivity index is 1.52. The average Bonchev–Trinajstić information content (AvgIpc) is 3.31. The predicted octanol–water partition coefficient (Wildman–Crippen LogP) is 6.34. The Labute approximate surface area is 190 Å². The van der Waals surface area contributed by atoms with Crippen LogP contribution in [0, 0.1) is 13.8 Å². The van der Waals surface area contributed by atoms with E-state index in [0.29, 0.717) is 6.61 Å². The monoisotopic (exact) mass is 429 g/mol. The summed E-state index contributed by atoms with van der Waals surface area (Å²) in [6.45, 7) is 4.57. The molecule has 4 nitrogen and oxygen atoms in total. The van der Waals surface area contributed by atoms with Crippen LogP contribution < -0.4 is 14.8 Å². The van der Waals surface area contributed by atoms with Gasteiger partial charge in [-0.1, -0.05) is 55.3 Å². The second-order valence-electron chi connectivity index (χ2n) is 8.69. The maximum absolute atomic E-state index is 13.5. The summed E-state index contributed by atoms with van der Waals surface area (Å²) in [6.07, 6.45) is 3.84. The first-order valence-corrected chi connectivity index (χ1v) is 11.3. The minimum Gasteiger partial charge on any atom is -0.497 e. The number of benzene rings is 3. The maximum atomic E-state index is 13.5. The number of rotatable bonds is 7. The summed E-state index contributed by atoms with van der Waals surface area (Å²) in [5.74, 6) is 1.74. The number of carbonyl (C=O) groups excluding carboxylic acids is 1. The third kappa shape index (κ3) is 4.50. The van der Waals surface area contributed by atoms with Gasteiger partial charge in [0.25, 0.3) is 0 Å². The van der Waals surface area contributed by atoms with E-state index < -0.39 is 5.41 Å². The quantitative estimate of drug-likeness (QED) is 0.477. The number of methoxy groups -OCH3 is 1. The molecule has 0 unspecified atom stereocenters. The summed E-state index contributed by atoms with van der Waals surface area (Å²) in [5, 5.41) is 3.21. The van der Waals surface area contributed by atoms with Gasteiger partial charge in [0.2, 0.25) is 5.91 Å². The van der Waals surface area contributed by atoms with Crippen molar-refractivity contribution in [2.24, 2.45) is 0 Å². The minimum atomic E-state index is -0.490. The van der Waals surface area contributed by atoms with Gasteiger partial charge >= 0.3 is 0 Å². The van der Waals surface area contributed by atoms with Gasteiger partial charge in [-0.15, -0.1) is 0 Å². The minimum absolute atomic E-state index is 0.0666. The summed E-state index contributed by atoms with van der Waals surface area (Å²) in [6, 6.07) is 22.1. The first kappa shape index (κ1) is 21.9. The zero-order valence-electron chi connectivity index (χ0n) is 19.1. The number of aryl methyl sites for hydroxylation is 2. The highest BCUT2D eigenvalue weighted by atomic mass is 16.5. The summed E-state index contributed by atoms with van der Waals surface area (Å²) < 4.78 is 11.4. The van der Waals surface area contributed by atoms with Gasteiger partial charge in [0.15, 0.2) is 0 Å². The lowest BCUT2D eigenvalue weighted by atomic mass is 9.78. The molecular formula is C28H31NO3. The third-order valence-corrected chi connectivity index (χ3v) is 6.48. The van der Waals surface area contributed by atoms with Gasteiger partial charge in [-0.05, 0) is 73.2 Å². The summed E-state index contributed by atoms with van der Waals surface area (Å²) in [4.78, 5) is 13.5. The van der Waals surface area contributed by atoms with Crippen molar-refractivity contribution in [3.05, 3.63) is 89.0 Å². The van der Waals surface area contributed by atoms with E-state index in [1.807, 2.05) is 68.4 Å². The smallest absolute Gasteiger partial charge is 0.235 e. The Morgan fingerprint density at radius 1 is 0.938 bits per heavy atom. The van der Waals surface area contributed by atoms with E-state index in [2.05, 4.69) is 17.4 Å². The summed E-state index contributed by atoms with van der Waals surface area (Å²) in [5.41, 5.74) is 4.55. The van der Waals surface area contributed by atoms with Gasteiger partial charge in [0.1, 0.15) is 18.1 Å². The highest BCUT2D eigenvalue weighted by Gasteiger charge is 2.42. The molecule has 1 aliphatic rings. The molecule has 0 atom stereocenters. The zero-order chi connectivity index (χ0) is 22.6. The van der Waals surface area contributed by atoms with E-state index in [4.69, 9.17) is 9.47 Å². The highest BCUT2D eigenvalue weighted by molar-refractivity contribution is 5.99. The van der Waals surface area contributed by atoms with Crippen LogP contribution in [0.3, 0.4) is 0 Å². The SMILES string of the molecule is COc1ccc(C2(C(=O)Nc3cc(C)c(OCc4ccccc4)c(C)c3)CCCC2)cc1. The van der Waals surface area contributed by atoms with Crippen LogP contribution in [-0.4, -0.2) is 13.0 Å². The molecule has 166 valence electrons. The van der Waals surface area contributed by atoms with E-state index >= 15 is 0 Å². The molecule has 0 aliphatic heterocycles. The largest absolute Gasteiger partial charge is 0.497 e. The van der Waals surface area contributed by atoms with Crippen LogP contribution in [0.15, 0.2) is 66.7 Å². The van der Waals surface area contributed by atoms with Gasteiger partial charge < -0.3 is 14.8 Å². The molecule has 1 aliphatic carbocycles. The van der Waals surface area contributed by atoms with E-state index in [0.717, 1.165) is 65.1 Å². The summed E-state index contributed by atoms with van der Waals surface area (Å²) >= 11 is 0. The second kappa shape index (κ2) is 9.47. The highest BCUT2D eigenvalue weighted by Crippen LogP contribution is 2.43. The zero-order valence-corrected chi connectivity index (χ0v) is 19.1. The lowest BCUT2D eigenvalue weighted by Gasteiger charge is -2.29. The van der Waals surface area contributed by atoms with Gasteiger partial charge in [-0.2, -0.15) is 0 Å². The topological polar surface area (TPSA) is 47.6 Å². The number of hydrogen-bond acceptors (Lipinski definition) is 3. The molecular weight excluding hydrogens is 398 g/mol. The molecule has 0 heterocycles. The van der Waals surface area contributed by atoms with Crippen molar-refractivity contribution < 1.29 is 14.3 Å². The maximum Gasteiger partial charge on any atom is 0.235 e. The van der Waals surface area contributed by atoms with Crippen LogP contribution in [0.1, 0.15) is 47.9 Å². The number of carbonyl (C=O) groups is 1. The van der Waals surface area contributed by atoms with Gasteiger partial charge in [0.05, 0.1) is 12.5 Å². The van der Waals surface area contributed by atoms with Crippen LogP contribution >= 0.6 is 0 Å². The Bertz CT molecular complexity index is 1040. The van der Waals surface area contributed by atoms with Crippen molar-refractivity contribution in [1.82, 2.24) is 0 Å². The van der Waals surface area contributed by atoms with E-state index in [9.17, 15) is 4.79 Å². The molecule has 4 rings (SSSR count). The molecule has 0 saturated heterocycles. The van der Waals surface area contributed by atoms with Crippen molar-refractivity contribution in [2.45, 2.75) is 51.6 Å². The van der Waals surface area contributed by atoms with Crippen LogP contribution in [0.5, 0.6) is 11.5 Å². The number of anilines is 1. The van der Waals surface area contributed by atoms with Crippen molar-refractivity contribution in [1.29, 1.82) is 0 Å². The van der Waals surface area contributed by atoms with Crippen molar-refractivity contribution in [2.75, 3.05) is 12.4 Å². The fraction of sp³-hybridized carbons (Fsp3) is 0.321. The van der Waals surface area contributed by atoms with Gasteiger partial charge in [-0.3, -0.25) is 4.79 Å². The molecule has 32 heavy (non-hydrogen) atoms. The Hall–Kier alpha value is -3.27. The number of hydrogen-bond donors (Lipinski definition) is 1. The molecule has 0 spiro atoms. The van der Waals surface area contributed by atoms with Crippen LogP contribution in [0.2, 0.25) is 0 Å². The predicted molar refractivity (Wildman–Crippen MR) is 128 cm³/mol. The third-order valence-electron chi connectivity index (χ3n) is 6.48. The molecule has 4 heteroatoms. The van der Waals surface area contributed by atoms with Gasteiger partial charge in [0, 0.05) is 5.69 Å². The van der Waals surface area contributed by atoms with Gasteiger partial charge in [-0.25, -0.2) is 0 Å². The molecule has 0 radical (unpaired) electrons. The number of ether oxygens (including phenoxy) is 2. The normalized spacial score (nSPS) is 14.7. The molecule has 1 N–H and O–H groups in total. The molecule has 1 amide bonds. The molecule has 3 aromatic rings. The van der Waals surface area contributed by atoms with Crippen LogP contribution in [0.25, 0.3) is 0 Å². The average molecular weight is 430 g/mol. The summed E-state index contributed by atoms with van der Waals surface area (Å²) in [7, 11) is 1.66. The first-order chi connectivity index (χ1) is 15.5. The number of amides is 1. The fourth-order valence-corrected chi connectivity index (χ4v) is 4.77. The van der Waals surface area contributed by atoms with Crippen molar-refractivity contribution >= 4 is 11.6 Å². The van der Waals surface area contributed by atoms with E-state index in [1.165, 1.54) is 0 Å². The number of nitrogens with one attached hydrogen (secondary N) is 1. The van der Waals surface area contributed by atoms with E-state index in [1.54, 1.807) is 7.11 Å². The van der Waals surface area contributed by atoms with E-state index in [-0.39, 0.29) is 5.91 Å². The van der Waals surface area contributed by atoms with Crippen molar-refractivity contribution in [3.63, 3.8) is 0 Å². The van der Waals surface area contributed by atoms with Crippen LogP contribution in [-0.2, 0) is 16.8 Å². The van der Waals surface area contributed by atoms with Crippen LogP contribution in [0.4, 0.5) is 5.69 Å². The molecule has 1 saturated carbocycles. The molecule has 1 fully saturated rings. The molecule has 0 bridgehead atoms.